The van der Waals surface area contributed by atoms with Crippen molar-refractivity contribution in [3.63, 3.8) is 0 Å². The first-order valence-electron chi connectivity index (χ1n) is 7.99. The van der Waals surface area contributed by atoms with Crippen molar-refractivity contribution in [1.29, 1.82) is 0 Å². The van der Waals surface area contributed by atoms with E-state index in [1.165, 1.54) is 24.3 Å². The molecule has 0 aliphatic carbocycles. The molecule has 0 unspecified atom stereocenters. The van der Waals surface area contributed by atoms with Crippen molar-refractivity contribution in [3.8, 4) is 11.5 Å². The van der Waals surface area contributed by atoms with Crippen LogP contribution in [0.4, 0.5) is 6.01 Å². The summed E-state index contributed by atoms with van der Waals surface area (Å²) in [6.45, 7) is -0.574. The van der Waals surface area contributed by atoms with Gasteiger partial charge in [-0.2, -0.15) is 0 Å². The molecule has 3 aromatic rings. The fourth-order valence-corrected chi connectivity index (χ4v) is 2.81. The smallest absolute Gasteiger partial charge is 0.338 e. The lowest BCUT2D eigenvalue weighted by Crippen LogP contribution is -2.21. The van der Waals surface area contributed by atoms with E-state index in [0.29, 0.717) is 5.56 Å². The fraction of sp³-hybridized carbons (Fsp3) is 0.111. The van der Waals surface area contributed by atoms with E-state index in [4.69, 9.17) is 9.15 Å². The van der Waals surface area contributed by atoms with E-state index in [1.807, 2.05) is 6.07 Å². The third-order valence-electron chi connectivity index (χ3n) is 3.54. The Morgan fingerprint density at radius 1 is 1.04 bits per heavy atom. The van der Waals surface area contributed by atoms with Crippen LogP contribution in [0.1, 0.15) is 10.4 Å². The lowest BCUT2D eigenvalue weighted by Gasteiger charge is -2.05. The largest absolute Gasteiger partial charge is 0.452 e. The van der Waals surface area contributed by atoms with Gasteiger partial charge >= 0.3 is 12.0 Å². The second-order valence-corrected chi connectivity index (χ2v) is 7.71. The Kier molecular flexibility index (Phi) is 5.50. The standard InChI is InChI=1S/C18H15N3O6S/c1-28(24,25)14-9-7-13(8-10-14)17(23)26-11-15(22)19-18-21-20-16(27-18)12-5-3-2-4-6-12/h2-10H,11H2,1H3,(H,19,21,22). The maximum absolute atomic E-state index is 11.9. The molecule has 0 spiro atoms. The summed E-state index contributed by atoms with van der Waals surface area (Å²) < 4.78 is 33.0. The molecule has 28 heavy (non-hydrogen) atoms. The number of carbonyl (C=O) groups excluding carboxylic acids is 2. The van der Waals surface area contributed by atoms with Crippen molar-refractivity contribution in [2.75, 3.05) is 18.2 Å². The van der Waals surface area contributed by atoms with E-state index in [-0.39, 0.29) is 22.4 Å². The Bertz CT molecular complexity index is 1090. The van der Waals surface area contributed by atoms with Gasteiger partial charge < -0.3 is 9.15 Å². The Morgan fingerprint density at radius 3 is 2.36 bits per heavy atom. The van der Waals surface area contributed by atoms with E-state index in [0.717, 1.165) is 6.26 Å². The molecule has 0 atom stereocenters. The lowest BCUT2D eigenvalue weighted by molar-refractivity contribution is -0.119. The molecular weight excluding hydrogens is 386 g/mol. The highest BCUT2D eigenvalue weighted by atomic mass is 32.2. The molecule has 10 heteroatoms. The van der Waals surface area contributed by atoms with Crippen molar-refractivity contribution in [1.82, 2.24) is 10.2 Å². The van der Waals surface area contributed by atoms with E-state index in [9.17, 15) is 18.0 Å². The van der Waals surface area contributed by atoms with Crippen LogP contribution in [0.2, 0.25) is 0 Å². The SMILES string of the molecule is CS(=O)(=O)c1ccc(C(=O)OCC(=O)Nc2nnc(-c3ccccc3)o2)cc1. The minimum atomic E-state index is -3.36. The number of rotatable bonds is 6. The van der Waals surface area contributed by atoms with Crippen LogP contribution in [0.5, 0.6) is 0 Å². The van der Waals surface area contributed by atoms with Crippen LogP contribution in [0.25, 0.3) is 11.5 Å². The van der Waals surface area contributed by atoms with E-state index >= 15 is 0 Å². The van der Waals surface area contributed by atoms with Crippen molar-refractivity contribution >= 4 is 27.7 Å². The van der Waals surface area contributed by atoms with Gasteiger partial charge in [0.05, 0.1) is 10.5 Å². The topological polar surface area (TPSA) is 128 Å². The highest BCUT2D eigenvalue weighted by molar-refractivity contribution is 7.90. The van der Waals surface area contributed by atoms with Crippen LogP contribution in [-0.4, -0.2) is 43.4 Å². The molecule has 0 aliphatic rings. The molecular formula is C18H15N3O6S. The molecule has 0 bridgehead atoms. The normalized spacial score (nSPS) is 11.0. The number of esters is 1. The zero-order valence-electron chi connectivity index (χ0n) is 14.7. The Hall–Kier alpha value is -3.53. The first kappa shape index (κ1) is 19.2. The van der Waals surface area contributed by atoms with Crippen molar-refractivity contribution in [2.45, 2.75) is 4.90 Å². The zero-order valence-corrected chi connectivity index (χ0v) is 15.5. The average molecular weight is 401 g/mol. The quantitative estimate of drug-likeness (QED) is 0.621. The summed E-state index contributed by atoms with van der Waals surface area (Å²) in [6.07, 6.45) is 1.06. The highest BCUT2D eigenvalue weighted by Gasteiger charge is 2.15. The van der Waals surface area contributed by atoms with Gasteiger partial charge in [-0.1, -0.05) is 23.3 Å². The molecule has 0 saturated carbocycles. The summed E-state index contributed by atoms with van der Waals surface area (Å²) in [4.78, 5) is 23.9. The molecule has 1 amide bonds. The van der Waals surface area contributed by atoms with Crippen LogP contribution in [0.3, 0.4) is 0 Å². The first-order chi connectivity index (χ1) is 13.3. The number of anilines is 1. The molecule has 1 aromatic heterocycles. The Balaban J connectivity index is 1.54. The maximum atomic E-state index is 11.9. The monoisotopic (exact) mass is 401 g/mol. The summed E-state index contributed by atoms with van der Waals surface area (Å²) in [7, 11) is -3.36. The molecule has 0 saturated heterocycles. The van der Waals surface area contributed by atoms with Crippen LogP contribution in [-0.2, 0) is 19.4 Å². The number of amides is 1. The molecule has 3 rings (SSSR count). The van der Waals surface area contributed by atoms with Gasteiger partial charge in [0, 0.05) is 11.8 Å². The second-order valence-electron chi connectivity index (χ2n) is 5.70. The number of hydrogen-bond acceptors (Lipinski definition) is 8. The zero-order chi connectivity index (χ0) is 20.1. The molecule has 1 heterocycles. The van der Waals surface area contributed by atoms with Gasteiger partial charge in [-0.05, 0) is 36.4 Å². The third kappa shape index (κ3) is 4.80. The van der Waals surface area contributed by atoms with E-state index < -0.39 is 28.3 Å². The van der Waals surface area contributed by atoms with Gasteiger partial charge in [-0.25, -0.2) is 13.2 Å². The number of nitrogens with zero attached hydrogens (tertiary/aromatic N) is 2. The Morgan fingerprint density at radius 2 is 1.71 bits per heavy atom. The summed E-state index contributed by atoms with van der Waals surface area (Å²) in [5, 5.41) is 9.86. The van der Waals surface area contributed by atoms with Gasteiger partial charge in [0.25, 0.3) is 5.91 Å². The van der Waals surface area contributed by atoms with Crippen molar-refractivity contribution < 1.29 is 27.2 Å². The van der Waals surface area contributed by atoms with Gasteiger partial charge in [0.1, 0.15) is 0 Å². The fourth-order valence-electron chi connectivity index (χ4n) is 2.18. The first-order valence-corrected chi connectivity index (χ1v) is 9.88. The molecule has 1 N–H and O–H groups in total. The molecule has 0 aliphatic heterocycles. The average Bonchev–Trinajstić information content (AvgIpc) is 3.14. The number of nitrogens with one attached hydrogen (secondary N) is 1. The minimum Gasteiger partial charge on any atom is -0.452 e. The predicted octanol–water partition coefficient (Wildman–Crippen LogP) is 1.94. The molecule has 9 nitrogen and oxygen atoms in total. The summed E-state index contributed by atoms with van der Waals surface area (Å²) >= 11 is 0. The number of carbonyl (C=O) groups is 2. The van der Waals surface area contributed by atoms with Crippen LogP contribution in [0.15, 0.2) is 63.9 Å². The van der Waals surface area contributed by atoms with Gasteiger partial charge in [-0.3, -0.25) is 10.1 Å². The number of benzene rings is 2. The summed E-state index contributed by atoms with van der Waals surface area (Å²) in [5.41, 5.74) is 0.809. The molecule has 0 fully saturated rings. The highest BCUT2D eigenvalue weighted by Crippen LogP contribution is 2.19. The number of sulfone groups is 1. The predicted molar refractivity (Wildman–Crippen MR) is 98.2 cm³/mol. The minimum absolute atomic E-state index is 0.0763. The molecule has 2 aromatic carbocycles. The van der Waals surface area contributed by atoms with E-state index in [2.05, 4.69) is 15.5 Å². The molecule has 0 radical (unpaired) electrons. The Labute approximate surface area is 160 Å². The summed E-state index contributed by atoms with van der Waals surface area (Å²) in [6, 6.07) is 14.1. The van der Waals surface area contributed by atoms with Crippen LogP contribution < -0.4 is 5.32 Å². The van der Waals surface area contributed by atoms with Crippen molar-refractivity contribution in [3.05, 3.63) is 60.2 Å². The number of aromatic nitrogens is 2. The maximum Gasteiger partial charge on any atom is 0.338 e. The van der Waals surface area contributed by atoms with Gasteiger partial charge in [-0.15, -0.1) is 5.10 Å². The van der Waals surface area contributed by atoms with E-state index in [1.54, 1.807) is 24.3 Å². The molecule has 144 valence electrons. The lowest BCUT2D eigenvalue weighted by atomic mass is 10.2. The second kappa shape index (κ2) is 8.01. The van der Waals surface area contributed by atoms with Gasteiger partial charge in [0.15, 0.2) is 16.4 Å². The van der Waals surface area contributed by atoms with Crippen molar-refractivity contribution in [2.24, 2.45) is 0 Å². The summed E-state index contributed by atoms with van der Waals surface area (Å²) in [5.74, 6) is -1.20. The van der Waals surface area contributed by atoms with Crippen LogP contribution >= 0.6 is 0 Å². The van der Waals surface area contributed by atoms with Crippen LogP contribution in [0, 0.1) is 0 Å². The number of ether oxygens (including phenoxy) is 1. The third-order valence-corrected chi connectivity index (χ3v) is 4.67. The number of hydrogen-bond donors (Lipinski definition) is 1. The van der Waals surface area contributed by atoms with Gasteiger partial charge in [0.2, 0.25) is 5.89 Å².